The second-order valence-corrected chi connectivity index (χ2v) is 26.5. The van der Waals surface area contributed by atoms with Crippen LogP contribution in [-0.2, 0) is 59.1 Å². The number of aromatic nitrogens is 1. The minimum Gasteiger partial charge on any atom is -0.496 e. The number of H-pyrrole nitrogens is 1. The van der Waals surface area contributed by atoms with E-state index in [2.05, 4.69) is 26.3 Å². The van der Waals surface area contributed by atoms with Gasteiger partial charge in [0.2, 0.25) is 41.4 Å². The number of amides is 7. The number of esters is 1. The molecule has 7 N–H and O–H groups in total. The van der Waals surface area contributed by atoms with Crippen molar-refractivity contribution in [1.82, 2.24) is 45.9 Å². The van der Waals surface area contributed by atoms with Crippen LogP contribution in [-0.4, -0.2) is 197 Å². The number of aromatic amines is 1. The van der Waals surface area contributed by atoms with Gasteiger partial charge in [0.05, 0.1) is 25.2 Å². The van der Waals surface area contributed by atoms with E-state index >= 15 is 19.2 Å². The first kappa shape index (κ1) is 75.2. The van der Waals surface area contributed by atoms with Gasteiger partial charge in [0.15, 0.2) is 11.6 Å². The quantitative estimate of drug-likeness (QED) is 0.109. The number of Topliss-reactive ketones (excluding diaryl/α,β-unsaturated/α-hetero) is 2. The molecule has 1 fully saturated rings. The lowest BCUT2D eigenvalue weighted by Crippen LogP contribution is -2.63. The third kappa shape index (κ3) is 18.3. The molecule has 0 spiro atoms. The zero-order valence-corrected chi connectivity index (χ0v) is 56.6. The average Bonchev–Trinajstić information content (AvgIpc) is 1.47. The molecule has 0 radical (unpaired) electrons. The Labute approximate surface area is 531 Å². The van der Waals surface area contributed by atoms with Gasteiger partial charge in [-0.15, -0.1) is 0 Å². The lowest BCUT2D eigenvalue weighted by Gasteiger charge is -2.39. The average molecular weight is 1260 g/mol. The van der Waals surface area contributed by atoms with E-state index in [0.717, 1.165) is 4.90 Å². The second kappa shape index (κ2) is 33.2. The first-order valence-corrected chi connectivity index (χ1v) is 31.5. The summed E-state index contributed by atoms with van der Waals surface area (Å²) in [5.41, 5.74) is 1.54. The van der Waals surface area contributed by atoms with Gasteiger partial charge in [-0.05, 0) is 86.1 Å². The largest absolute Gasteiger partial charge is 0.496 e. The van der Waals surface area contributed by atoms with Gasteiger partial charge in [0.1, 0.15) is 60.3 Å². The number of hydrogen-bond acceptors (Lipinski definition) is 15. The van der Waals surface area contributed by atoms with E-state index in [1.165, 1.54) is 70.9 Å². The second-order valence-electron chi connectivity index (χ2n) is 26.5. The normalized spacial score (nSPS) is 26.4. The monoisotopic (exact) mass is 1260 g/mol. The third-order valence-corrected chi connectivity index (χ3v) is 17.5. The number of fused-ring (bicyclic) bond motifs is 1. The number of nitrogens with zero attached hydrogens (tertiary/aromatic N) is 4. The zero-order chi connectivity index (χ0) is 68.1. The number of carbonyl (C=O) groups excluding carboxylic acids is 10. The minimum atomic E-state index is -1.68. The Hall–Kier alpha value is -7.24. The summed E-state index contributed by atoms with van der Waals surface area (Å²) in [5.74, 6) is -12.4. The Bertz CT molecular complexity index is 2980. The van der Waals surface area contributed by atoms with E-state index in [-0.39, 0.29) is 24.3 Å². The molecular formula is C67H103N9O14. The van der Waals surface area contributed by atoms with Gasteiger partial charge in [-0.1, -0.05) is 119 Å². The van der Waals surface area contributed by atoms with E-state index in [1.54, 1.807) is 118 Å². The molecule has 0 saturated carbocycles. The van der Waals surface area contributed by atoms with E-state index in [4.69, 9.17) is 9.47 Å². The highest BCUT2D eigenvalue weighted by Crippen LogP contribution is 2.33. The highest BCUT2D eigenvalue weighted by Gasteiger charge is 2.45. The number of aliphatic hydroxyl groups excluding tert-OH is 2. The molecule has 3 aromatic rings. The number of likely N-dealkylation sites (N-methyl/N-ethyl adjacent to an activating group) is 5. The summed E-state index contributed by atoms with van der Waals surface area (Å²) in [6.07, 6.45) is -3.75. The number of benzene rings is 2. The van der Waals surface area contributed by atoms with E-state index < -0.39 is 180 Å². The number of methoxy groups -OCH3 is 1. The molecule has 1 aliphatic rings. The van der Waals surface area contributed by atoms with Crippen molar-refractivity contribution in [3.8, 4) is 5.75 Å². The molecule has 1 aliphatic heterocycles. The molecule has 13 atom stereocenters. The van der Waals surface area contributed by atoms with Crippen molar-refractivity contribution in [3.63, 3.8) is 0 Å². The SMILES string of the molecule is CNC1C(=O)N(C)C(C(C)O)C(=O)NC(C(C)C)C(=O)N(C)C(CC(C)C)C(=O)NC(C(C)C)C(=O)N(C)C(C(C)C)C(=O)N(C)C(Cc2c[nH]c3cccc(OC)c23)C(=O)CC(C(C)C)C(=O)NC(C(O)c2ccccc2)C(=O)CC(C(C)C)C(=O)OC1C. The van der Waals surface area contributed by atoms with Crippen LogP contribution < -0.4 is 26.0 Å². The molecule has 90 heavy (non-hydrogen) atoms. The Kier molecular flexibility index (Phi) is 27.7. The van der Waals surface area contributed by atoms with Crippen LogP contribution in [0.4, 0.5) is 0 Å². The highest BCUT2D eigenvalue weighted by molar-refractivity contribution is 6.00. The van der Waals surface area contributed by atoms with Crippen molar-refractivity contribution in [2.45, 2.75) is 189 Å². The first-order valence-electron chi connectivity index (χ1n) is 31.5. The zero-order valence-electron chi connectivity index (χ0n) is 56.6. The molecule has 0 aliphatic carbocycles. The van der Waals surface area contributed by atoms with Gasteiger partial charge in [0.25, 0.3) is 0 Å². The summed E-state index contributed by atoms with van der Waals surface area (Å²) in [6.45, 7) is 23.5. The molecular weight excluding hydrogens is 1150 g/mol. The number of ether oxygens (including phenoxy) is 2. The van der Waals surface area contributed by atoms with Crippen LogP contribution in [0.25, 0.3) is 10.9 Å². The van der Waals surface area contributed by atoms with Crippen LogP contribution in [0.1, 0.15) is 133 Å². The fourth-order valence-electron chi connectivity index (χ4n) is 11.9. The van der Waals surface area contributed by atoms with Crippen molar-refractivity contribution in [2.24, 2.45) is 47.3 Å². The van der Waals surface area contributed by atoms with Crippen LogP contribution in [0, 0.1) is 47.3 Å². The Morgan fingerprint density at radius 2 is 1.10 bits per heavy atom. The van der Waals surface area contributed by atoms with E-state index in [1.807, 2.05) is 19.9 Å². The molecule has 1 aromatic heterocycles. The Morgan fingerprint density at radius 1 is 0.578 bits per heavy atom. The number of rotatable bonds is 14. The fraction of sp³-hybridized carbons (Fsp3) is 0.642. The predicted octanol–water partition coefficient (Wildman–Crippen LogP) is 4.61. The molecule has 13 unspecified atom stereocenters. The Morgan fingerprint density at radius 3 is 1.61 bits per heavy atom. The number of hydrogen-bond donors (Lipinski definition) is 7. The predicted molar refractivity (Wildman–Crippen MR) is 342 cm³/mol. The Balaban J connectivity index is 1.98. The molecule has 500 valence electrons. The highest BCUT2D eigenvalue weighted by atomic mass is 16.5. The molecule has 4 rings (SSSR count). The lowest BCUT2D eigenvalue weighted by molar-refractivity contribution is -0.161. The summed E-state index contributed by atoms with van der Waals surface area (Å²) in [7, 11) is 8.53. The lowest BCUT2D eigenvalue weighted by atomic mass is 9.84. The van der Waals surface area contributed by atoms with Gasteiger partial charge in [-0.2, -0.15) is 0 Å². The smallest absolute Gasteiger partial charge is 0.309 e. The van der Waals surface area contributed by atoms with Crippen LogP contribution in [0.5, 0.6) is 5.75 Å². The molecule has 7 amide bonds. The van der Waals surface area contributed by atoms with E-state index in [9.17, 15) is 39.0 Å². The van der Waals surface area contributed by atoms with Crippen molar-refractivity contribution < 1.29 is 67.6 Å². The maximum absolute atomic E-state index is 15.5. The van der Waals surface area contributed by atoms with Crippen LogP contribution in [0.15, 0.2) is 54.7 Å². The number of ketones is 2. The summed E-state index contributed by atoms with van der Waals surface area (Å²) in [4.78, 5) is 157. The molecule has 0 bridgehead atoms. The van der Waals surface area contributed by atoms with Crippen LogP contribution in [0.3, 0.4) is 0 Å². The maximum Gasteiger partial charge on any atom is 0.309 e. The van der Waals surface area contributed by atoms with Gasteiger partial charge >= 0.3 is 5.97 Å². The minimum absolute atomic E-state index is 0.0912. The molecule has 2 aromatic carbocycles. The van der Waals surface area contributed by atoms with Gasteiger partial charge in [0, 0.05) is 70.5 Å². The molecule has 1 saturated heterocycles. The van der Waals surface area contributed by atoms with Gasteiger partial charge in [-0.3, -0.25) is 47.9 Å². The fourth-order valence-corrected chi connectivity index (χ4v) is 11.9. The molecule has 23 heteroatoms. The summed E-state index contributed by atoms with van der Waals surface area (Å²) >= 11 is 0. The number of carbonyl (C=O) groups is 10. The molecule has 2 heterocycles. The van der Waals surface area contributed by atoms with Gasteiger partial charge in [-0.25, -0.2) is 0 Å². The number of cyclic esters (lactones) is 1. The maximum atomic E-state index is 15.5. The number of nitrogens with one attached hydrogen (secondary N) is 5. The topological polar surface area (TPSA) is 306 Å². The standard InChI is InChI=1S/C67H103N9O14/c1-34(2)29-48-61(82)70-54(38(9)10)64(85)75(18)57(39(11)12)66(87)73(16)47(30-43-33-69-46-27-24-28-51(89-20)52(43)46)49(78)31-44(35(3)4)60(81)72-56(59(80)42-25-22-21-23-26-42)50(79)32-45(36(5)6)67(88)90-41(14)55(68-15)65(86)76(19)58(40(13)77)62(83)71-53(37(7)8)63(84)74(48)17/h21-28,33-41,44-45,47-48,53-59,68-69,77,80H,29-32H2,1-20H3,(H,70,82)(H,71,83)(H,72,81). The summed E-state index contributed by atoms with van der Waals surface area (Å²) in [6, 6.07) is 2.58. The van der Waals surface area contributed by atoms with Crippen LogP contribution in [0.2, 0.25) is 0 Å². The van der Waals surface area contributed by atoms with Crippen molar-refractivity contribution in [1.29, 1.82) is 0 Å². The first-order chi connectivity index (χ1) is 42.0. The van der Waals surface area contributed by atoms with Crippen molar-refractivity contribution >= 4 is 69.8 Å². The van der Waals surface area contributed by atoms with Gasteiger partial charge < -0.3 is 65.5 Å². The van der Waals surface area contributed by atoms with Crippen molar-refractivity contribution in [3.05, 3.63) is 65.9 Å². The van der Waals surface area contributed by atoms with Crippen LogP contribution >= 0.6 is 0 Å². The molecule has 23 nitrogen and oxygen atoms in total. The number of aliphatic hydroxyl groups is 2. The summed E-state index contributed by atoms with van der Waals surface area (Å²) < 4.78 is 11.7. The third-order valence-electron chi connectivity index (χ3n) is 17.5. The summed E-state index contributed by atoms with van der Waals surface area (Å²) in [5, 5.41) is 35.2. The van der Waals surface area contributed by atoms with E-state index in [0.29, 0.717) is 22.2 Å². The van der Waals surface area contributed by atoms with Crippen molar-refractivity contribution in [2.75, 3.05) is 42.3 Å².